The number of carbonyl (C=O) groups is 2. The molecular weight excluding hydrogens is 262 g/mol. The third kappa shape index (κ3) is 3.20. The largest absolute Gasteiger partial charge is 0.497 e. The predicted molar refractivity (Wildman–Crippen MR) is 70.9 cm³/mol. The molecule has 1 fully saturated rings. The SMILES string of the molecule is COc1ccc(OCC(=O)N2CCC[C@H]2C(=O)O)cc1. The number of carboxylic acid groups (broad SMARTS) is 1. The summed E-state index contributed by atoms with van der Waals surface area (Å²) in [6, 6.07) is 6.14. The van der Waals surface area contributed by atoms with Crippen molar-refractivity contribution in [1.82, 2.24) is 4.90 Å². The lowest BCUT2D eigenvalue weighted by Gasteiger charge is -2.21. The Balaban J connectivity index is 1.89. The molecule has 1 aromatic carbocycles. The Labute approximate surface area is 116 Å². The van der Waals surface area contributed by atoms with Crippen LogP contribution < -0.4 is 9.47 Å². The van der Waals surface area contributed by atoms with Crippen molar-refractivity contribution in [2.75, 3.05) is 20.3 Å². The third-order valence-corrected chi connectivity index (χ3v) is 3.28. The van der Waals surface area contributed by atoms with Crippen LogP contribution in [0.2, 0.25) is 0 Å². The van der Waals surface area contributed by atoms with Crippen LogP contribution in [0, 0.1) is 0 Å². The average Bonchev–Trinajstić information content (AvgIpc) is 2.95. The van der Waals surface area contributed by atoms with E-state index >= 15 is 0 Å². The van der Waals surface area contributed by atoms with Gasteiger partial charge in [0.15, 0.2) is 6.61 Å². The van der Waals surface area contributed by atoms with Crippen molar-refractivity contribution in [2.45, 2.75) is 18.9 Å². The Morgan fingerprint density at radius 3 is 2.55 bits per heavy atom. The van der Waals surface area contributed by atoms with Gasteiger partial charge in [-0.2, -0.15) is 0 Å². The number of likely N-dealkylation sites (tertiary alicyclic amines) is 1. The quantitative estimate of drug-likeness (QED) is 0.875. The molecule has 20 heavy (non-hydrogen) atoms. The number of rotatable bonds is 5. The smallest absolute Gasteiger partial charge is 0.326 e. The molecule has 1 N–H and O–H groups in total. The summed E-state index contributed by atoms with van der Waals surface area (Å²) in [6.07, 6.45) is 1.22. The van der Waals surface area contributed by atoms with Crippen molar-refractivity contribution < 1.29 is 24.2 Å². The molecule has 1 atom stereocenters. The zero-order valence-corrected chi connectivity index (χ0v) is 11.2. The van der Waals surface area contributed by atoms with Gasteiger partial charge >= 0.3 is 5.97 Å². The minimum absolute atomic E-state index is 0.157. The van der Waals surface area contributed by atoms with Gasteiger partial charge in [0, 0.05) is 6.54 Å². The summed E-state index contributed by atoms with van der Waals surface area (Å²) >= 11 is 0. The summed E-state index contributed by atoms with van der Waals surface area (Å²) in [6.45, 7) is 0.317. The molecule has 1 saturated heterocycles. The second-order valence-electron chi connectivity index (χ2n) is 4.55. The molecule has 1 heterocycles. The fraction of sp³-hybridized carbons (Fsp3) is 0.429. The number of carbonyl (C=O) groups excluding carboxylic acids is 1. The van der Waals surface area contributed by atoms with Crippen LogP contribution in [-0.4, -0.2) is 48.2 Å². The summed E-state index contributed by atoms with van der Waals surface area (Å²) in [5.41, 5.74) is 0. The molecule has 2 rings (SSSR count). The second-order valence-corrected chi connectivity index (χ2v) is 4.55. The molecule has 0 aromatic heterocycles. The zero-order valence-electron chi connectivity index (χ0n) is 11.2. The van der Waals surface area contributed by atoms with E-state index in [1.165, 1.54) is 4.90 Å². The minimum Gasteiger partial charge on any atom is -0.497 e. The third-order valence-electron chi connectivity index (χ3n) is 3.28. The standard InChI is InChI=1S/C14H17NO5/c1-19-10-4-6-11(7-5-10)20-9-13(16)15-8-2-3-12(15)14(17)18/h4-7,12H,2-3,8-9H2,1H3,(H,17,18)/t12-/m0/s1. The van der Waals surface area contributed by atoms with Crippen LogP contribution in [0.15, 0.2) is 24.3 Å². The van der Waals surface area contributed by atoms with E-state index in [-0.39, 0.29) is 12.5 Å². The molecule has 1 aromatic rings. The van der Waals surface area contributed by atoms with E-state index in [4.69, 9.17) is 14.6 Å². The molecule has 0 bridgehead atoms. The Morgan fingerprint density at radius 2 is 1.95 bits per heavy atom. The molecule has 0 saturated carbocycles. The van der Waals surface area contributed by atoms with Crippen LogP contribution >= 0.6 is 0 Å². The molecule has 0 aliphatic carbocycles. The highest BCUT2D eigenvalue weighted by Gasteiger charge is 2.33. The Hall–Kier alpha value is -2.24. The Morgan fingerprint density at radius 1 is 1.30 bits per heavy atom. The second kappa shape index (κ2) is 6.27. The van der Waals surface area contributed by atoms with Crippen molar-refractivity contribution in [1.29, 1.82) is 0 Å². The molecule has 0 radical (unpaired) electrons. The van der Waals surface area contributed by atoms with Gasteiger partial charge in [-0.1, -0.05) is 0 Å². The van der Waals surface area contributed by atoms with Crippen LogP contribution in [0.4, 0.5) is 0 Å². The summed E-state index contributed by atoms with van der Waals surface area (Å²) in [7, 11) is 1.57. The van der Waals surface area contributed by atoms with E-state index in [0.717, 1.165) is 0 Å². The van der Waals surface area contributed by atoms with Gasteiger partial charge in [0.25, 0.3) is 5.91 Å². The molecule has 1 aliphatic rings. The first-order valence-corrected chi connectivity index (χ1v) is 6.41. The first-order chi connectivity index (χ1) is 9.61. The van der Waals surface area contributed by atoms with Gasteiger partial charge in [-0.3, -0.25) is 4.79 Å². The number of aliphatic carboxylic acids is 1. The number of amides is 1. The monoisotopic (exact) mass is 279 g/mol. The van der Waals surface area contributed by atoms with E-state index < -0.39 is 12.0 Å². The molecular formula is C14H17NO5. The molecule has 6 nitrogen and oxygen atoms in total. The first kappa shape index (κ1) is 14.2. The fourth-order valence-corrected chi connectivity index (χ4v) is 2.22. The van der Waals surface area contributed by atoms with Gasteiger partial charge in [-0.05, 0) is 37.1 Å². The first-order valence-electron chi connectivity index (χ1n) is 6.41. The zero-order chi connectivity index (χ0) is 14.5. The lowest BCUT2D eigenvalue weighted by atomic mass is 10.2. The maximum atomic E-state index is 12.0. The summed E-state index contributed by atoms with van der Waals surface area (Å²) in [4.78, 5) is 24.3. The van der Waals surface area contributed by atoms with Crippen molar-refractivity contribution in [3.05, 3.63) is 24.3 Å². The highest BCUT2D eigenvalue weighted by molar-refractivity contribution is 5.85. The van der Waals surface area contributed by atoms with Crippen LogP contribution in [0.1, 0.15) is 12.8 Å². The van der Waals surface area contributed by atoms with Crippen LogP contribution in [0.3, 0.4) is 0 Å². The van der Waals surface area contributed by atoms with Crippen LogP contribution in [-0.2, 0) is 9.59 Å². The molecule has 6 heteroatoms. The van der Waals surface area contributed by atoms with E-state index in [0.29, 0.717) is 30.9 Å². The highest BCUT2D eigenvalue weighted by Crippen LogP contribution is 2.19. The number of nitrogens with zero attached hydrogens (tertiary/aromatic N) is 1. The normalized spacial score (nSPS) is 17.9. The van der Waals surface area contributed by atoms with Crippen LogP contribution in [0.5, 0.6) is 11.5 Å². The number of benzene rings is 1. The fourth-order valence-electron chi connectivity index (χ4n) is 2.22. The van der Waals surface area contributed by atoms with Gasteiger partial charge in [0.05, 0.1) is 7.11 Å². The lowest BCUT2D eigenvalue weighted by Crippen LogP contribution is -2.42. The van der Waals surface area contributed by atoms with E-state index in [9.17, 15) is 9.59 Å². The maximum absolute atomic E-state index is 12.0. The van der Waals surface area contributed by atoms with Crippen LogP contribution in [0.25, 0.3) is 0 Å². The van der Waals surface area contributed by atoms with E-state index in [1.54, 1.807) is 31.4 Å². The summed E-state index contributed by atoms with van der Waals surface area (Å²) in [5.74, 6) is -0.00889. The summed E-state index contributed by atoms with van der Waals surface area (Å²) < 4.78 is 10.4. The van der Waals surface area contributed by atoms with Crippen molar-refractivity contribution in [2.24, 2.45) is 0 Å². The topological polar surface area (TPSA) is 76.1 Å². The van der Waals surface area contributed by atoms with Crippen molar-refractivity contribution in [3.63, 3.8) is 0 Å². The lowest BCUT2D eigenvalue weighted by molar-refractivity contribution is -0.148. The van der Waals surface area contributed by atoms with Gasteiger partial charge in [0.1, 0.15) is 17.5 Å². The minimum atomic E-state index is -0.958. The number of hydrogen-bond acceptors (Lipinski definition) is 4. The molecule has 1 aliphatic heterocycles. The number of methoxy groups -OCH3 is 1. The van der Waals surface area contributed by atoms with E-state index in [2.05, 4.69) is 0 Å². The number of hydrogen-bond donors (Lipinski definition) is 1. The highest BCUT2D eigenvalue weighted by atomic mass is 16.5. The van der Waals surface area contributed by atoms with Gasteiger partial charge < -0.3 is 19.5 Å². The number of ether oxygens (including phenoxy) is 2. The van der Waals surface area contributed by atoms with Gasteiger partial charge in [0.2, 0.25) is 0 Å². The number of carboxylic acids is 1. The average molecular weight is 279 g/mol. The predicted octanol–water partition coefficient (Wildman–Crippen LogP) is 1.15. The molecule has 1 amide bonds. The van der Waals surface area contributed by atoms with Crippen molar-refractivity contribution >= 4 is 11.9 Å². The van der Waals surface area contributed by atoms with Gasteiger partial charge in [-0.25, -0.2) is 4.79 Å². The van der Waals surface area contributed by atoms with Gasteiger partial charge in [-0.15, -0.1) is 0 Å². The Bertz CT molecular complexity index is 485. The van der Waals surface area contributed by atoms with E-state index in [1.807, 2.05) is 0 Å². The molecule has 0 unspecified atom stereocenters. The van der Waals surface area contributed by atoms with Crippen molar-refractivity contribution in [3.8, 4) is 11.5 Å². The maximum Gasteiger partial charge on any atom is 0.326 e. The summed E-state index contributed by atoms with van der Waals surface area (Å²) in [5, 5.41) is 9.03. The molecule has 108 valence electrons. The molecule has 0 spiro atoms. The Kier molecular flexibility index (Phi) is 4.45.